The molecule has 0 spiro atoms. The number of ether oxygens (including phenoxy) is 3. The van der Waals surface area contributed by atoms with Crippen LogP contribution in [-0.2, 0) is 6.18 Å². The molecule has 2 aromatic rings. The Kier molecular flexibility index (Phi) is 5.19. The average molecular weight is 379 g/mol. The number of pyridine rings is 1. The number of halogens is 5. The van der Waals surface area contributed by atoms with Crippen molar-refractivity contribution in [1.29, 1.82) is 0 Å². The van der Waals surface area contributed by atoms with Crippen LogP contribution in [0.3, 0.4) is 0 Å². The van der Waals surface area contributed by atoms with Gasteiger partial charge in [0.05, 0.1) is 20.4 Å². The summed E-state index contributed by atoms with van der Waals surface area (Å²) < 4.78 is 80.1. The minimum atomic E-state index is -4.99. The Morgan fingerprint density at radius 3 is 2.19 bits per heavy atom. The number of benzene rings is 1. The number of carboxylic acid groups (broad SMARTS) is 1. The van der Waals surface area contributed by atoms with Crippen molar-refractivity contribution in [3.8, 4) is 23.0 Å². The van der Waals surface area contributed by atoms with E-state index >= 15 is 0 Å². The molecule has 1 aromatic carbocycles. The van der Waals surface area contributed by atoms with Gasteiger partial charge in [-0.25, -0.2) is 14.2 Å². The fourth-order valence-electron chi connectivity index (χ4n) is 2.06. The van der Waals surface area contributed by atoms with Crippen molar-refractivity contribution in [2.24, 2.45) is 0 Å². The third-order valence-corrected chi connectivity index (χ3v) is 3.12. The molecule has 0 bridgehead atoms. The molecule has 0 amide bonds. The van der Waals surface area contributed by atoms with Gasteiger partial charge in [-0.3, -0.25) is 0 Å². The number of aromatic carboxylic acids is 1. The molecule has 26 heavy (non-hydrogen) atoms. The van der Waals surface area contributed by atoms with Crippen LogP contribution in [0.15, 0.2) is 18.3 Å². The lowest BCUT2D eigenvalue weighted by atomic mass is 10.1. The molecule has 0 unspecified atom stereocenters. The van der Waals surface area contributed by atoms with E-state index in [0.717, 1.165) is 20.3 Å². The second-order valence-corrected chi connectivity index (χ2v) is 4.68. The predicted octanol–water partition coefficient (Wildman–Crippen LogP) is 3.89. The molecule has 0 fully saturated rings. The molecule has 0 saturated heterocycles. The van der Waals surface area contributed by atoms with E-state index in [1.54, 1.807) is 0 Å². The summed E-state index contributed by atoms with van der Waals surface area (Å²) >= 11 is 0. The number of carboxylic acids is 1. The minimum Gasteiger partial charge on any atom is -0.493 e. The van der Waals surface area contributed by atoms with Gasteiger partial charge >= 0.3 is 12.1 Å². The van der Waals surface area contributed by atoms with Gasteiger partial charge in [-0.2, -0.15) is 17.6 Å². The first kappa shape index (κ1) is 19.2. The molecule has 1 N–H and O–H groups in total. The van der Waals surface area contributed by atoms with Gasteiger partial charge in [0.25, 0.3) is 0 Å². The van der Waals surface area contributed by atoms with Gasteiger partial charge in [0.2, 0.25) is 11.6 Å². The summed E-state index contributed by atoms with van der Waals surface area (Å²) in [6.45, 7) is 0. The van der Waals surface area contributed by atoms with Gasteiger partial charge in [0.1, 0.15) is 5.56 Å². The summed E-state index contributed by atoms with van der Waals surface area (Å²) in [5, 5.41) is 9.25. The van der Waals surface area contributed by atoms with Crippen LogP contribution in [0.2, 0.25) is 0 Å². The Labute approximate surface area is 142 Å². The third-order valence-electron chi connectivity index (χ3n) is 3.12. The van der Waals surface area contributed by atoms with E-state index < -0.39 is 58.0 Å². The van der Waals surface area contributed by atoms with Crippen molar-refractivity contribution in [2.75, 3.05) is 14.2 Å². The highest BCUT2D eigenvalue weighted by molar-refractivity contribution is 5.94. The first-order chi connectivity index (χ1) is 12.1. The number of nitrogens with zero attached hydrogens (tertiary/aromatic N) is 1. The molecule has 1 aromatic heterocycles. The van der Waals surface area contributed by atoms with E-state index in [1.165, 1.54) is 0 Å². The van der Waals surface area contributed by atoms with Crippen LogP contribution < -0.4 is 14.2 Å². The molecule has 2 rings (SSSR count). The third kappa shape index (κ3) is 3.46. The number of hydrogen-bond donors (Lipinski definition) is 1. The monoisotopic (exact) mass is 379 g/mol. The maximum absolute atomic E-state index is 13.7. The molecule has 140 valence electrons. The van der Waals surface area contributed by atoms with Crippen LogP contribution in [0.4, 0.5) is 22.0 Å². The minimum absolute atomic E-state index is 0.475. The highest BCUT2D eigenvalue weighted by atomic mass is 19.4. The number of hydrogen-bond acceptors (Lipinski definition) is 5. The van der Waals surface area contributed by atoms with Crippen LogP contribution >= 0.6 is 0 Å². The SMILES string of the molecule is COc1c(Oc2cnc(C(F)(F)F)c(OC)c2C(=O)O)ccc(F)c1F. The summed E-state index contributed by atoms with van der Waals surface area (Å²) in [7, 11) is 1.81. The highest BCUT2D eigenvalue weighted by Gasteiger charge is 2.40. The molecule has 0 aliphatic carbocycles. The van der Waals surface area contributed by atoms with Gasteiger partial charge < -0.3 is 19.3 Å². The molecule has 0 aliphatic rings. The summed E-state index contributed by atoms with van der Waals surface area (Å²) in [6.07, 6.45) is -4.51. The summed E-state index contributed by atoms with van der Waals surface area (Å²) in [5.74, 6) is -7.47. The van der Waals surface area contributed by atoms with Crippen molar-refractivity contribution < 1.29 is 46.1 Å². The lowest BCUT2D eigenvalue weighted by molar-refractivity contribution is -0.142. The smallest absolute Gasteiger partial charge is 0.437 e. The summed E-state index contributed by atoms with van der Waals surface area (Å²) in [4.78, 5) is 14.5. The van der Waals surface area contributed by atoms with Crippen molar-refractivity contribution >= 4 is 5.97 Å². The normalized spacial score (nSPS) is 11.2. The highest BCUT2D eigenvalue weighted by Crippen LogP contribution is 2.42. The van der Waals surface area contributed by atoms with Crippen LogP contribution in [0, 0.1) is 11.6 Å². The summed E-state index contributed by atoms with van der Waals surface area (Å²) in [5.41, 5.74) is -2.58. The maximum atomic E-state index is 13.7. The molecule has 0 saturated carbocycles. The zero-order valence-electron chi connectivity index (χ0n) is 13.1. The molecule has 0 atom stereocenters. The number of aromatic nitrogens is 1. The molecular weight excluding hydrogens is 369 g/mol. The van der Waals surface area contributed by atoms with Gasteiger partial charge in [0.15, 0.2) is 28.8 Å². The van der Waals surface area contributed by atoms with Crippen molar-refractivity contribution in [3.63, 3.8) is 0 Å². The van der Waals surface area contributed by atoms with E-state index in [4.69, 9.17) is 4.74 Å². The second-order valence-electron chi connectivity index (χ2n) is 4.68. The first-order valence-corrected chi connectivity index (χ1v) is 6.69. The number of methoxy groups -OCH3 is 2. The van der Waals surface area contributed by atoms with Gasteiger partial charge in [-0.1, -0.05) is 0 Å². The Bertz CT molecular complexity index is 853. The van der Waals surface area contributed by atoms with Crippen LogP contribution in [-0.4, -0.2) is 30.3 Å². The molecule has 1 heterocycles. The fourth-order valence-corrected chi connectivity index (χ4v) is 2.06. The maximum Gasteiger partial charge on any atom is 0.437 e. The molecule has 0 aliphatic heterocycles. The number of carbonyl (C=O) groups is 1. The topological polar surface area (TPSA) is 77.9 Å². The quantitative estimate of drug-likeness (QED) is 0.795. The lowest BCUT2D eigenvalue weighted by Crippen LogP contribution is -2.14. The average Bonchev–Trinajstić information content (AvgIpc) is 2.56. The van der Waals surface area contributed by atoms with Gasteiger partial charge in [0, 0.05) is 0 Å². The van der Waals surface area contributed by atoms with Gasteiger partial charge in [-0.05, 0) is 12.1 Å². The van der Waals surface area contributed by atoms with Crippen LogP contribution in [0.25, 0.3) is 0 Å². The largest absolute Gasteiger partial charge is 0.493 e. The Morgan fingerprint density at radius 2 is 1.69 bits per heavy atom. The molecule has 0 radical (unpaired) electrons. The first-order valence-electron chi connectivity index (χ1n) is 6.69. The number of alkyl halides is 3. The zero-order valence-corrected chi connectivity index (χ0v) is 13.1. The van der Waals surface area contributed by atoms with E-state index in [-0.39, 0.29) is 0 Å². The summed E-state index contributed by atoms with van der Waals surface area (Å²) in [6, 6.07) is 1.58. The van der Waals surface area contributed by atoms with Crippen molar-refractivity contribution in [3.05, 3.63) is 41.2 Å². The molecule has 6 nitrogen and oxygen atoms in total. The van der Waals surface area contributed by atoms with Crippen LogP contribution in [0.5, 0.6) is 23.0 Å². The van der Waals surface area contributed by atoms with Crippen molar-refractivity contribution in [1.82, 2.24) is 4.98 Å². The predicted molar refractivity (Wildman–Crippen MR) is 75.7 cm³/mol. The van der Waals surface area contributed by atoms with Gasteiger partial charge in [-0.15, -0.1) is 0 Å². The lowest BCUT2D eigenvalue weighted by Gasteiger charge is -2.17. The van der Waals surface area contributed by atoms with Crippen LogP contribution in [0.1, 0.15) is 16.1 Å². The van der Waals surface area contributed by atoms with Crippen molar-refractivity contribution in [2.45, 2.75) is 6.18 Å². The zero-order chi connectivity index (χ0) is 19.6. The molecule has 11 heteroatoms. The Balaban J connectivity index is 2.65. The van der Waals surface area contributed by atoms with E-state index in [0.29, 0.717) is 12.3 Å². The number of rotatable bonds is 5. The Hall–Kier alpha value is -3.11. The van der Waals surface area contributed by atoms with E-state index in [1.807, 2.05) is 0 Å². The van der Waals surface area contributed by atoms with E-state index in [9.17, 15) is 31.9 Å². The fraction of sp³-hybridized carbons (Fsp3) is 0.200. The second kappa shape index (κ2) is 7.02. The Morgan fingerprint density at radius 1 is 1.08 bits per heavy atom. The van der Waals surface area contributed by atoms with E-state index in [2.05, 4.69) is 14.5 Å². The molecular formula is C15H10F5NO5. The standard InChI is InChI=1S/C15H10F5NO5/c1-24-11-7(4-3-6(16)10(11)17)26-8-5-21-13(15(18,19)20)12(25-2)9(8)14(22)23/h3-5H,1-2H3,(H,22,23).